The monoisotopic (exact) mass is 487 g/mol. The van der Waals surface area contributed by atoms with Crippen LogP contribution in [-0.4, -0.2) is 21.7 Å². The zero-order chi connectivity index (χ0) is 25.4. The highest BCUT2D eigenvalue weighted by atomic mass is 19.1. The fourth-order valence-corrected chi connectivity index (χ4v) is 6.59. The van der Waals surface area contributed by atoms with Gasteiger partial charge in [0.25, 0.3) is 0 Å². The van der Waals surface area contributed by atoms with Gasteiger partial charge >= 0.3 is 0 Å². The molecule has 1 fully saturated rings. The van der Waals surface area contributed by atoms with Crippen molar-refractivity contribution in [1.29, 1.82) is 0 Å². The molecule has 5 rings (SSSR count). The van der Waals surface area contributed by atoms with Gasteiger partial charge in [0, 0.05) is 18.4 Å². The summed E-state index contributed by atoms with van der Waals surface area (Å²) in [4.78, 5) is 12.9. The van der Waals surface area contributed by atoms with Crippen molar-refractivity contribution in [3.8, 4) is 5.69 Å². The summed E-state index contributed by atoms with van der Waals surface area (Å²) in [5, 5.41) is 8.12. The van der Waals surface area contributed by atoms with Crippen molar-refractivity contribution in [2.75, 3.05) is 0 Å². The maximum Gasteiger partial charge on any atom is 0.220 e. The van der Waals surface area contributed by atoms with Gasteiger partial charge in [-0.25, -0.2) is 9.07 Å². The summed E-state index contributed by atoms with van der Waals surface area (Å²) in [5.41, 5.74) is 4.77. The molecule has 0 saturated heterocycles. The van der Waals surface area contributed by atoms with Crippen LogP contribution in [0.25, 0.3) is 11.8 Å². The van der Waals surface area contributed by atoms with Crippen molar-refractivity contribution in [3.05, 3.63) is 77.4 Å². The number of aromatic nitrogens is 2. The van der Waals surface area contributed by atoms with Gasteiger partial charge in [-0.1, -0.05) is 57.6 Å². The van der Waals surface area contributed by atoms with Crippen LogP contribution in [0.4, 0.5) is 4.39 Å². The highest BCUT2D eigenvalue weighted by molar-refractivity contribution is 5.76. The molecular formula is C31H38FN3O. The van der Waals surface area contributed by atoms with Crippen LogP contribution >= 0.6 is 0 Å². The zero-order valence-corrected chi connectivity index (χ0v) is 21.9. The third-order valence-corrected chi connectivity index (χ3v) is 8.63. The zero-order valence-electron chi connectivity index (χ0n) is 21.9. The first-order chi connectivity index (χ1) is 17.2. The molecule has 1 amide bonds. The number of allylic oxidation sites excluding steroid dienone is 4. The number of nitrogens with one attached hydrogen (secondary N) is 1. The van der Waals surface area contributed by atoms with Gasteiger partial charge < -0.3 is 5.32 Å². The van der Waals surface area contributed by atoms with E-state index in [2.05, 4.69) is 68.5 Å². The Morgan fingerprint density at radius 3 is 2.69 bits per heavy atom. The van der Waals surface area contributed by atoms with Crippen molar-refractivity contribution in [1.82, 2.24) is 15.1 Å². The van der Waals surface area contributed by atoms with Gasteiger partial charge in [-0.05, 0) is 84.8 Å². The lowest BCUT2D eigenvalue weighted by Gasteiger charge is -2.40. The second-order valence-electron chi connectivity index (χ2n) is 11.7. The van der Waals surface area contributed by atoms with Gasteiger partial charge in [-0.2, -0.15) is 5.10 Å². The number of benzene rings is 1. The highest BCUT2D eigenvalue weighted by Gasteiger charge is 2.47. The Morgan fingerprint density at radius 2 is 1.97 bits per heavy atom. The van der Waals surface area contributed by atoms with E-state index in [4.69, 9.17) is 0 Å². The Morgan fingerprint density at radius 1 is 1.22 bits per heavy atom. The molecule has 1 N–H and O–H groups in total. The van der Waals surface area contributed by atoms with E-state index in [-0.39, 0.29) is 23.2 Å². The van der Waals surface area contributed by atoms with E-state index in [1.807, 2.05) is 10.9 Å². The Labute approximate surface area is 214 Å². The largest absolute Gasteiger partial charge is 0.353 e. The lowest BCUT2D eigenvalue weighted by atomic mass is 9.67. The first kappa shape index (κ1) is 24.7. The number of carbonyl (C=O) groups is 1. The number of fused-ring (bicyclic) bond motifs is 2. The SMILES string of the molecule is CC(C)CC(=O)NC(CC1CCC2=Cc3c(cnn3-c3ccc(F)cc3)CC21C)C1C=CC=CC1C. The van der Waals surface area contributed by atoms with Crippen molar-refractivity contribution in [2.24, 2.45) is 29.1 Å². The van der Waals surface area contributed by atoms with Crippen LogP contribution in [0.2, 0.25) is 0 Å². The molecule has 36 heavy (non-hydrogen) atoms. The van der Waals surface area contributed by atoms with Crippen molar-refractivity contribution >= 4 is 12.0 Å². The van der Waals surface area contributed by atoms with Crippen LogP contribution in [0.1, 0.15) is 64.6 Å². The van der Waals surface area contributed by atoms with E-state index in [1.54, 1.807) is 12.1 Å². The molecule has 0 aliphatic heterocycles. The molecule has 1 heterocycles. The molecule has 5 atom stereocenters. The Bertz CT molecular complexity index is 1200. The smallest absolute Gasteiger partial charge is 0.220 e. The summed E-state index contributed by atoms with van der Waals surface area (Å²) in [6, 6.07) is 6.66. The molecule has 0 bridgehead atoms. The molecule has 3 aliphatic carbocycles. The van der Waals surface area contributed by atoms with E-state index in [0.29, 0.717) is 30.1 Å². The quantitative estimate of drug-likeness (QED) is 0.474. The van der Waals surface area contributed by atoms with Crippen LogP contribution in [0.3, 0.4) is 0 Å². The minimum Gasteiger partial charge on any atom is -0.353 e. The Kier molecular flexibility index (Phi) is 6.76. The number of hydrogen-bond donors (Lipinski definition) is 1. The van der Waals surface area contributed by atoms with Crippen LogP contribution in [0, 0.1) is 34.9 Å². The first-order valence-electron chi connectivity index (χ1n) is 13.4. The minimum atomic E-state index is -0.239. The summed E-state index contributed by atoms with van der Waals surface area (Å²) >= 11 is 0. The van der Waals surface area contributed by atoms with E-state index in [0.717, 1.165) is 37.1 Å². The fraction of sp³-hybridized carbons (Fsp3) is 0.484. The van der Waals surface area contributed by atoms with Crippen LogP contribution in [0.15, 0.2) is 60.3 Å². The predicted molar refractivity (Wildman–Crippen MR) is 143 cm³/mol. The van der Waals surface area contributed by atoms with Crippen molar-refractivity contribution in [3.63, 3.8) is 0 Å². The number of amides is 1. The van der Waals surface area contributed by atoms with E-state index in [9.17, 15) is 9.18 Å². The maximum absolute atomic E-state index is 13.5. The molecular weight excluding hydrogens is 449 g/mol. The van der Waals surface area contributed by atoms with E-state index in [1.165, 1.54) is 23.3 Å². The molecule has 0 radical (unpaired) electrons. The van der Waals surface area contributed by atoms with Crippen LogP contribution < -0.4 is 5.32 Å². The van der Waals surface area contributed by atoms with Gasteiger partial charge in [0.15, 0.2) is 0 Å². The average molecular weight is 488 g/mol. The third kappa shape index (κ3) is 4.72. The molecule has 5 heteroatoms. The minimum absolute atomic E-state index is 0.0577. The number of nitrogens with zero attached hydrogens (tertiary/aromatic N) is 2. The molecule has 4 nitrogen and oxygen atoms in total. The first-order valence-corrected chi connectivity index (χ1v) is 13.4. The Balaban J connectivity index is 1.39. The molecule has 2 aromatic rings. The molecule has 1 saturated carbocycles. The van der Waals surface area contributed by atoms with Gasteiger partial charge in [-0.15, -0.1) is 0 Å². The topological polar surface area (TPSA) is 46.9 Å². The molecule has 1 aromatic heterocycles. The van der Waals surface area contributed by atoms with Gasteiger partial charge in [0.1, 0.15) is 5.82 Å². The van der Waals surface area contributed by atoms with Crippen LogP contribution in [-0.2, 0) is 11.2 Å². The standard InChI is InChI=1S/C31H38FN3O/c1-20(2)15-30(36)34-28(27-8-6-5-7-21(27)3)16-23-9-10-24-17-29-22(18-31(23,24)4)19-33-35(29)26-13-11-25(32)12-14-26/h5-8,11-14,17,19-21,23,27-28H,9-10,15-16,18H2,1-4H3,(H,34,36). The van der Waals surface area contributed by atoms with E-state index >= 15 is 0 Å². The highest BCUT2D eigenvalue weighted by Crippen LogP contribution is 2.55. The average Bonchev–Trinajstić information content (AvgIpc) is 3.37. The predicted octanol–water partition coefficient (Wildman–Crippen LogP) is 6.67. The molecule has 3 aliphatic rings. The van der Waals surface area contributed by atoms with Gasteiger partial charge in [0.05, 0.1) is 17.6 Å². The normalized spacial score (nSPS) is 27.5. The number of halogens is 1. The molecule has 1 aromatic carbocycles. The Hall–Kier alpha value is -2.95. The number of rotatable bonds is 7. The summed E-state index contributed by atoms with van der Waals surface area (Å²) in [7, 11) is 0. The van der Waals surface area contributed by atoms with Crippen molar-refractivity contribution in [2.45, 2.75) is 65.8 Å². The second kappa shape index (κ2) is 9.84. The summed E-state index contributed by atoms with van der Waals surface area (Å²) in [5.74, 6) is 1.46. The summed E-state index contributed by atoms with van der Waals surface area (Å²) in [6.45, 7) is 8.86. The van der Waals surface area contributed by atoms with Crippen molar-refractivity contribution < 1.29 is 9.18 Å². The lowest BCUT2D eigenvalue weighted by Crippen LogP contribution is -2.45. The summed E-state index contributed by atoms with van der Waals surface area (Å²) in [6.07, 6.45) is 17.8. The lowest BCUT2D eigenvalue weighted by molar-refractivity contribution is -0.123. The third-order valence-electron chi connectivity index (χ3n) is 8.63. The summed E-state index contributed by atoms with van der Waals surface area (Å²) < 4.78 is 15.4. The molecule has 5 unspecified atom stereocenters. The second-order valence-corrected chi connectivity index (χ2v) is 11.7. The maximum atomic E-state index is 13.5. The fourth-order valence-electron chi connectivity index (χ4n) is 6.59. The van der Waals surface area contributed by atoms with Gasteiger partial charge in [0.2, 0.25) is 5.91 Å². The number of carbonyl (C=O) groups excluding carboxylic acids is 1. The molecule has 190 valence electrons. The van der Waals surface area contributed by atoms with E-state index < -0.39 is 0 Å². The van der Waals surface area contributed by atoms with Crippen LogP contribution in [0.5, 0.6) is 0 Å². The number of hydrogen-bond acceptors (Lipinski definition) is 2. The molecule has 0 spiro atoms. The van der Waals surface area contributed by atoms with Gasteiger partial charge in [-0.3, -0.25) is 4.79 Å².